The summed E-state index contributed by atoms with van der Waals surface area (Å²) < 4.78 is 6.78. The Morgan fingerprint density at radius 2 is 1.75 bits per heavy atom. The zero-order chi connectivity index (χ0) is 22.8. The Labute approximate surface area is 215 Å². The van der Waals surface area contributed by atoms with Crippen LogP contribution >= 0.6 is 56.9 Å². The minimum atomic E-state index is -1.06. The smallest absolute Gasteiger partial charge is 0.341 e. The monoisotopic (exact) mass is 671 g/mol. The second-order valence-electron chi connectivity index (χ2n) is 6.90. The van der Waals surface area contributed by atoms with Gasteiger partial charge in [0.15, 0.2) is 6.61 Å². The summed E-state index contributed by atoms with van der Waals surface area (Å²) in [6, 6.07) is 17.3. The van der Waals surface area contributed by atoms with Crippen LogP contribution in [0.3, 0.4) is 0 Å². The van der Waals surface area contributed by atoms with Crippen molar-refractivity contribution in [3.63, 3.8) is 0 Å². The number of nitrogens with zero attached hydrogens (tertiary/aromatic N) is 1. The maximum absolute atomic E-state index is 13.0. The van der Waals surface area contributed by atoms with E-state index in [1.165, 1.54) is 4.90 Å². The fourth-order valence-corrected chi connectivity index (χ4v) is 6.29. The van der Waals surface area contributed by atoms with E-state index in [1.807, 2.05) is 42.5 Å². The quantitative estimate of drug-likeness (QED) is 0.266. The first-order valence-electron chi connectivity index (χ1n) is 9.39. The van der Waals surface area contributed by atoms with Crippen LogP contribution in [0.1, 0.15) is 11.1 Å². The molecule has 3 aromatic carbocycles. The predicted octanol–water partition coefficient (Wildman–Crippen LogP) is 5.75. The van der Waals surface area contributed by atoms with Crippen LogP contribution in [0.2, 0.25) is 0 Å². The molecule has 0 atom stereocenters. The maximum atomic E-state index is 13.0. The molecule has 0 aromatic heterocycles. The lowest BCUT2D eigenvalue weighted by molar-refractivity contribution is -0.139. The summed E-state index contributed by atoms with van der Waals surface area (Å²) in [5.41, 5.74) is 1.65. The van der Waals surface area contributed by atoms with E-state index in [-0.39, 0.29) is 17.7 Å². The van der Waals surface area contributed by atoms with Gasteiger partial charge in [0.25, 0.3) is 11.1 Å². The van der Waals surface area contributed by atoms with E-state index in [1.54, 1.807) is 18.2 Å². The van der Waals surface area contributed by atoms with Crippen LogP contribution in [-0.2, 0) is 16.1 Å². The fourth-order valence-electron chi connectivity index (χ4n) is 3.32. The number of carboxylic acid groups (broad SMARTS) is 1. The molecule has 9 heteroatoms. The molecule has 1 aliphatic heterocycles. The first kappa shape index (κ1) is 23.1. The third kappa shape index (κ3) is 4.94. The van der Waals surface area contributed by atoms with E-state index in [9.17, 15) is 14.4 Å². The van der Waals surface area contributed by atoms with Gasteiger partial charge in [-0.2, -0.15) is 0 Å². The molecule has 0 radical (unpaired) electrons. The second-order valence-corrected chi connectivity index (χ2v) is 10.2. The van der Waals surface area contributed by atoms with Crippen molar-refractivity contribution in [3.05, 3.63) is 77.8 Å². The van der Waals surface area contributed by atoms with Gasteiger partial charge in [-0.15, -0.1) is 0 Å². The molecule has 2 amide bonds. The van der Waals surface area contributed by atoms with E-state index in [2.05, 4.69) is 45.2 Å². The highest BCUT2D eigenvalue weighted by Crippen LogP contribution is 2.36. The van der Waals surface area contributed by atoms with Crippen LogP contribution in [-0.4, -0.2) is 33.7 Å². The number of hydrogen-bond acceptors (Lipinski definition) is 5. The van der Waals surface area contributed by atoms with Crippen molar-refractivity contribution < 1.29 is 24.2 Å². The normalized spacial score (nSPS) is 15.1. The molecule has 32 heavy (non-hydrogen) atoms. The van der Waals surface area contributed by atoms with Crippen LogP contribution in [0, 0.1) is 7.14 Å². The zero-order valence-electron chi connectivity index (χ0n) is 16.4. The van der Waals surface area contributed by atoms with Gasteiger partial charge in [0.2, 0.25) is 0 Å². The highest BCUT2D eigenvalue weighted by atomic mass is 127. The molecular weight excluding hydrogens is 656 g/mol. The Hall–Kier alpha value is -2.12. The van der Waals surface area contributed by atoms with Gasteiger partial charge < -0.3 is 9.84 Å². The Balaban J connectivity index is 1.58. The number of rotatable bonds is 6. The number of amides is 2. The molecule has 3 aromatic rings. The van der Waals surface area contributed by atoms with Crippen molar-refractivity contribution in [2.45, 2.75) is 6.54 Å². The molecule has 1 fully saturated rings. The summed E-state index contributed by atoms with van der Waals surface area (Å²) in [7, 11) is 0. The van der Waals surface area contributed by atoms with Gasteiger partial charge in [-0.3, -0.25) is 14.5 Å². The molecule has 0 unspecified atom stereocenters. The molecule has 1 saturated heterocycles. The van der Waals surface area contributed by atoms with Gasteiger partial charge in [0.1, 0.15) is 5.75 Å². The first-order valence-corrected chi connectivity index (χ1v) is 12.4. The first-order chi connectivity index (χ1) is 15.3. The Bertz CT molecular complexity index is 1260. The predicted molar refractivity (Wildman–Crippen MR) is 140 cm³/mol. The molecule has 1 aliphatic rings. The summed E-state index contributed by atoms with van der Waals surface area (Å²) in [4.78, 5) is 38.0. The van der Waals surface area contributed by atoms with Crippen molar-refractivity contribution in [2.24, 2.45) is 0 Å². The van der Waals surface area contributed by atoms with E-state index in [0.29, 0.717) is 10.7 Å². The minimum Gasteiger partial charge on any atom is -0.480 e. The van der Waals surface area contributed by atoms with Crippen molar-refractivity contribution in [1.29, 1.82) is 0 Å². The molecule has 0 spiro atoms. The van der Waals surface area contributed by atoms with Gasteiger partial charge in [-0.25, -0.2) is 4.79 Å². The molecular formula is C23H15I2NO5S. The molecule has 162 valence electrons. The van der Waals surface area contributed by atoms with Gasteiger partial charge in [-0.05, 0) is 97.1 Å². The number of benzene rings is 3. The molecule has 0 bridgehead atoms. The number of fused-ring (bicyclic) bond motifs is 1. The molecule has 4 rings (SSSR count). The molecule has 0 saturated carbocycles. The number of thioether (sulfide) groups is 1. The largest absolute Gasteiger partial charge is 0.480 e. The van der Waals surface area contributed by atoms with E-state index < -0.39 is 12.6 Å². The number of imide groups is 1. The number of hydrogen-bond donors (Lipinski definition) is 1. The second kappa shape index (κ2) is 9.79. The zero-order valence-corrected chi connectivity index (χ0v) is 21.5. The highest BCUT2D eigenvalue weighted by Gasteiger charge is 2.35. The number of carbonyl (C=O) groups excluding carboxylic acids is 2. The van der Waals surface area contributed by atoms with E-state index in [4.69, 9.17) is 9.84 Å². The average Bonchev–Trinajstić information content (AvgIpc) is 3.00. The summed E-state index contributed by atoms with van der Waals surface area (Å²) in [5.74, 6) is -0.903. The minimum absolute atomic E-state index is 0.209. The number of carbonyl (C=O) groups is 3. The van der Waals surface area contributed by atoms with E-state index in [0.717, 1.165) is 40.8 Å². The van der Waals surface area contributed by atoms with Crippen LogP contribution in [0.5, 0.6) is 5.75 Å². The van der Waals surface area contributed by atoms with Gasteiger partial charge in [0.05, 0.1) is 18.6 Å². The summed E-state index contributed by atoms with van der Waals surface area (Å²) in [5, 5.41) is 10.6. The van der Waals surface area contributed by atoms with Gasteiger partial charge >= 0.3 is 5.97 Å². The lowest BCUT2D eigenvalue weighted by Crippen LogP contribution is -2.27. The van der Waals surface area contributed by atoms with Crippen molar-refractivity contribution >= 4 is 90.9 Å². The number of aliphatic carboxylic acids is 1. The van der Waals surface area contributed by atoms with Crippen LogP contribution in [0.25, 0.3) is 16.8 Å². The number of carboxylic acids is 1. The van der Waals surface area contributed by atoms with Gasteiger partial charge in [0, 0.05) is 0 Å². The lowest BCUT2D eigenvalue weighted by atomic mass is 10.0. The summed E-state index contributed by atoms with van der Waals surface area (Å²) in [6.45, 7) is -0.223. The lowest BCUT2D eigenvalue weighted by Gasteiger charge is -2.14. The SMILES string of the molecule is O=C(O)COc1c(I)cc(/C=C2/SC(=O)N(Cc3cccc4ccccc34)C2=O)cc1I. The summed E-state index contributed by atoms with van der Waals surface area (Å²) in [6.07, 6.45) is 1.68. The third-order valence-electron chi connectivity index (χ3n) is 4.74. The van der Waals surface area contributed by atoms with Crippen LogP contribution in [0.4, 0.5) is 4.79 Å². The summed E-state index contributed by atoms with van der Waals surface area (Å²) >= 11 is 5.04. The van der Waals surface area contributed by atoms with Crippen molar-refractivity contribution in [2.75, 3.05) is 6.61 Å². The standard InChI is InChI=1S/C23H15I2NO5S/c24-17-8-13(9-18(25)21(17)31-12-20(27)28)10-19-22(29)26(23(30)32-19)11-15-6-3-5-14-4-1-2-7-16(14)15/h1-10H,11-12H2,(H,27,28)/b19-10+. The highest BCUT2D eigenvalue weighted by molar-refractivity contribution is 14.1. The Kier molecular flexibility index (Phi) is 7.05. The van der Waals surface area contributed by atoms with Crippen LogP contribution < -0.4 is 4.74 Å². The fraction of sp³-hybridized carbons (Fsp3) is 0.0870. The third-order valence-corrected chi connectivity index (χ3v) is 7.25. The number of halogens is 2. The van der Waals surface area contributed by atoms with Gasteiger partial charge in [-0.1, -0.05) is 42.5 Å². The van der Waals surface area contributed by atoms with Crippen molar-refractivity contribution in [3.8, 4) is 5.75 Å². The Morgan fingerprint density at radius 1 is 1.06 bits per heavy atom. The average molecular weight is 671 g/mol. The van der Waals surface area contributed by atoms with Crippen molar-refractivity contribution in [1.82, 2.24) is 4.90 Å². The van der Waals surface area contributed by atoms with E-state index >= 15 is 0 Å². The topological polar surface area (TPSA) is 83.9 Å². The molecule has 1 heterocycles. The molecule has 6 nitrogen and oxygen atoms in total. The molecule has 1 N–H and O–H groups in total. The number of ether oxygens (including phenoxy) is 1. The Morgan fingerprint density at radius 3 is 2.47 bits per heavy atom. The molecule has 0 aliphatic carbocycles. The van der Waals surface area contributed by atoms with Crippen LogP contribution in [0.15, 0.2) is 59.5 Å². The maximum Gasteiger partial charge on any atom is 0.341 e.